The first-order valence-corrected chi connectivity index (χ1v) is 11.5. The van der Waals surface area contributed by atoms with Gasteiger partial charge >= 0.3 is 0 Å². The second-order valence-corrected chi connectivity index (χ2v) is 8.88. The molecule has 0 unspecified atom stereocenters. The maximum absolute atomic E-state index is 13.0. The van der Waals surface area contributed by atoms with Gasteiger partial charge in [-0.3, -0.25) is 14.4 Å². The summed E-state index contributed by atoms with van der Waals surface area (Å²) < 4.78 is 0. The summed E-state index contributed by atoms with van der Waals surface area (Å²) >= 11 is 12.2. The van der Waals surface area contributed by atoms with Gasteiger partial charge in [-0.25, -0.2) is 4.90 Å². The highest BCUT2D eigenvalue weighted by Gasteiger charge is 2.39. The van der Waals surface area contributed by atoms with Crippen LogP contribution in [0, 0.1) is 0 Å². The Hall–Kier alpha value is -3.61. The third-order valence-electron chi connectivity index (χ3n) is 5.91. The van der Waals surface area contributed by atoms with Crippen LogP contribution in [-0.4, -0.2) is 29.2 Å². The van der Waals surface area contributed by atoms with Crippen molar-refractivity contribution in [2.24, 2.45) is 0 Å². The van der Waals surface area contributed by atoms with E-state index in [0.717, 1.165) is 16.9 Å². The van der Waals surface area contributed by atoms with Gasteiger partial charge < -0.3 is 10.2 Å². The third kappa shape index (κ3) is 4.06. The van der Waals surface area contributed by atoms with Crippen molar-refractivity contribution in [1.29, 1.82) is 0 Å². The molecule has 5 rings (SSSR count). The fraction of sp³-hybridized carbons (Fsp3) is 0.115. The minimum atomic E-state index is -0.631. The lowest BCUT2D eigenvalue weighted by Gasteiger charge is -2.29. The second kappa shape index (κ2) is 8.97. The first-order valence-electron chi connectivity index (χ1n) is 10.7. The Bertz CT molecular complexity index is 1350. The molecule has 170 valence electrons. The van der Waals surface area contributed by atoms with Crippen LogP contribution in [0.1, 0.15) is 21.5 Å². The molecule has 6 nitrogen and oxygen atoms in total. The molecule has 0 aromatic heterocycles. The smallest absolute Gasteiger partial charge is 0.283 e. The highest BCUT2D eigenvalue weighted by molar-refractivity contribution is 6.53. The summed E-state index contributed by atoms with van der Waals surface area (Å²) in [6.07, 6.45) is 0.827. The molecule has 0 saturated heterocycles. The number of nitrogens with zero attached hydrogens (tertiary/aromatic N) is 2. The van der Waals surface area contributed by atoms with Crippen molar-refractivity contribution < 1.29 is 14.4 Å². The number of benzene rings is 3. The fourth-order valence-corrected chi connectivity index (χ4v) is 4.55. The molecule has 0 bridgehead atoms. The molecule has 3 amide bonds. The lowest BCUT2D eigenvalue weighted by Crippen LogP contribution is -2.35. The molecule has 0 saturated carbocycles. The van der Waals surface area contributed by atoms with Crippen molar-refractivity contribution in [1.82, 2.24) is 4.90 Å². The number of imide groups is 1. The number of halogens is 2. The zero-order chi connectivity index (χ0) is 23.8. The largest absolute Gasteiger partial charge is 0.350 e. The van der Waals surface area contributed by atoms with Crippen LogP contribution in [-0.2, 0) is 22.6 Å². The van der Waals surface area contributed by atoms with E-state index >= 15 is 0 Å². The van der Waals surface area contributed by atoms with Gasteiger partial charge in [-0.15, -0.1) is 0 Å². The van der Waals surface area contributed by atoms with Crippen LogP contribution in [0.15, 0.2) is 83.5 Å². The van der Waals surface area contributed by atoms with E-state index in [1.165, 1.54) is 11.6 Å². The number of carbonyl (C=O) groups is 3. The monoisotopic (exact) mass is 491 g/mol. The number of anilines is 2. The number of carbonyl (C=O) groups excluding carboxylic acids is 3. The normalized spacial score (nSPS) is 15.6. The van der Waals surface area contributed by atoms with Crippen molar-refractivity contribution >= 4 is 52.3 Å². The number of nitrogens with one attached hydrogen (secondary N) is 1. The number of amides is 3. The third-order valence-corrected chi connectivity index (χ3v) is 6.50. The van der Waals surface area contributed by atoms with E-state index < -0.39 is 11.8 Å². The Labute approximate surface area is 206 Å². The fourth-order valence-electron chi connectivity index (χ4n) is 4.15. The van der Waals surface area contributed by atoms with Crippen molar-refractivity contribution in [3.8, 4) is 0 Å². The Morgan fingerprint density at radius 1 is 0.853 bits per heavy atom. The van der Waals surface area contributed by atoms with Gasteiger partial charge in [-0.2, -0.15) is 0 Å². The first kappa shape index (κ1) is 22.2. The summed E-state index contributed by atoms with van der Waals surface area (Å²) in [5, 5.41) is 3.11. The molecule has 1 N–H and O–H groups in total. The number of hydrogen-bond donors (Lipinski definition) is 1. The van der Waals surface area contributed by atoms with Gasteiger partial charge in [0.05, 0.1) is 5.69 Å². The van der Waals surface area contributed by atoms with Gasteiger partial charge in [0.1, 0.15) is 10.7 Å². The van der Waals surface area contributed by atoms with E-state index in [4.69, 9.17) is 23.2 Å². The molecule has 0 fully saturated rings. The van der Waals surface area contributed by atoms with Gasteiger partial charge in [0.25, 0.3) is 17.7 Å². The van der Waals surface area contributed by atoms with Gasteiger partial charge in [0.2, 0.25) is 0 Å². The van der Waals surface area contributed by atoms with Crippen LogP contribution in [0.25, 0.3) is 0 Å². The van der Waals surface area contributed by atoms with Gasteiger partial charge in [-0.05, 0) is 60.0 Å². The van der Waals surface area contributed by atoms with E-state index in [9.17, 15) is 14.4 Å². The zero-order valence-corrected chi connectivity index (χ0v) is 19.4. The molecule has 2 aliphatic heterocycles. The molecular weight excluding hydrogens is 473 g/mol. The quantitative estimate of drug-likeness (QED) is 0.522. The molecule has 34 heavy (non-hydrogen) atoms. The van der Waals surface area contributed by atoms with Gasteiger partial charge in [-0.1, -0.05) is 53.5 Å². The van der Waals surface area contributed by atoms with Crippen molar-refractivity contribution in [3.63, 3.8) is 0 Å². The molecule has 0 atom stereocenters. The van der Waals surface area contributed by atoms with Gasteiger partial charge in [0.15, 0.2) is 0 Å². The first-order chi connectivity index (χ1) is 16.4. The second-order valence-electron chi connectivity index (χ2n) is 8.06. The molecular formula is C26H19Cl2N3O3. The summed E-state index contributed by atoms with van der Waals surface area (Å²) in [7, 11) is 0. The molecule has 0 aliphatic carbocycles. The topological polar surface area (TPSA) is 69.7 Å². The molecule has 3 aromatic carbocycles. The summed E-state index contributed by atoms with van der Waals surface area (Å²) in [6.45, 7) is 1.24. The van der Waals surface area contributed by atoms with Crippen LogP contribution >= 0.6 is 23.2 Å². The molecule has 2 aliphatic rings. The summed E-state index contributed by atoms with van der Waals surface area (Å²) in [4.78, 5) is 41.3. The molecule has 2 heterocycles. The van der Waals surface area contributed by atoms with E-state index in [0.29, 0.717) is 35.1 Å². The van der Waals surface area contributed by atoms with Crippen LogP contribution in [0.5, 0.6) is 0 Å². The number of fused-ring (bicyclic) bond motifs is 1. The lowest BCUT2D eigenvalue weighted by molar-refractivity contribution is -0.120. The molecule has 8 heteroatoms. The van der Waals surface area contributed by atoms with E-state index in [2.05, 4.69) is 11.4 Å². The number of rotatable bonds is 4. The molecule has 0 radical (unpaired) electrons. The van der Waals surface area contributed by atoms with Crippen molar-refractivity contribution in [2.45, 2.75) is 13.0 Å². The predicted octanol–water partition coefficient (Wildman–Crippen LogP) is 4.97. The SMILES string of the molecule is O=C(c1ccc(NC2=C(Cl)C(=O)N(c3cccc(Cl)c3)C2=O)cc1)N1CCc2ccccc2C1. The van der Waals surface area contributed by atoms with E-state index in [-0.39, 0.29) is 16.6 Å². The number of hydrogen-bond acceptors (Lipinski definition) is 4. The van der Waals surface area contributed by atoms with Gasteiger partial charge in [0, 0.05) is 29.4 Å². The summed E-state index contributed by atoms with van der Waals surface area (Å²) in [5.74, 6) is -1.27. The van der Waals surface area contributed by atoms with Crippen molar-refractivity contribution in [2.75, 3.05) is 16.8 Å². The van der Waals surface area contributed by atoms with Crippen LogP contribution in [0.2, 0.25) is 5.02 Å². The average molecular weight is 492 g/mol. The lowest BCUT2D eigenvalue weighted by atomic mass is 9.99. The van der Waals surface area contributed by atoms with Crippen LogP contribution in [0.4, 0.5) is 11.4 Å². The Morgan fingerprint density at radius 2 is 1.59 bits per heavy atom. The highest BCUT2D eigenvalue weighted by Crippen LogP contribution is 2.31. The molecule has 3 aromatic rings. The predicted molar refractivity (Wildman–Crippen MR) is 132 cm³/mol. The van der Waals surface area contributed by atoms with E-state index in [1.54, 1.807) is 42.5 Å². The maximum atomic E-state index is 13.0. The highest BCUT2D eigenvalue weighted by atomic mass is 35.5. The zero-order valence-electron chi connectivity index (χ0n) is 17.9. The van der Waals surface area contributed by atoms with Crippen LogP contribution in [0.3, 0.4) is 0 Å². The summed E-state index contributed by atoms with van der Waals surface area (Å²) in [5.41, 5.74) is 3.82. The maximum Gasteiger partial charge on any atom is 0.283 e. The summed E-state index contributed by atoms with van der Waals surface area (Å²) in [6, 6.07) is 21.3. The average Bonchev–Trinajstić information content (AvgIpc) is 3.06. The molecule has 0 spiro atoms. The van der Waals surface area contributed by atoms with Crippen LogP contribution < -0.4 is 10.2 Å². The Balaban J connectivity index is 1.30. The van der Waals surface area contributed by atoms with E-state index in [1.807, 2.05) is 23.1 Å². The minimum absolute atomic E-state index is 0.0293. The Kier molecular flexibility index (Phi) is 5.86. The standard InChI is InChI=1S/C26H19Cl2N3O3/c27-19-6-3-7-21(14-19)31-25(33)22(28)23(26(31)34)29-20-10-8-17(9-11-20)24(32)30-13-12-16-4-1-2-5-18(16)15-30/h1-11,14,29H,12-13,15H2. The Morgan fingerprint density at radius 3 is 2.32 bits per heavy atom. The minimum Gasteiger partial charge on any atom is -0.350 e. The van der Waals surface area contributed by atoms with Crippen molar-refractivity contribution in [3.05, 3.63) is 105 Å².